The number of rotatable bonds is 5. The van der Waals surface area contributed by atoms with Crippen LogP contribution in [0.2, 0.25) is 0 Å². The zero-order valence-electron chi connectivity index (χ0n) is 10.9. The van der Waals surface area contributed by atoms with Crippen molar-refractivity contribution >= 4 is 21.4 Å². The van der Waals surface area contributed by atoms with Crippen LogP contribution < -0.4 is 11.1 Å². The quantitative estimate of drug-likeness (QED) is 0.627. The van der Waals surface area contributed by atoms with Crippen LogP contribution in [-0.2, 0) is 10.0 Å². The summed E-state index contributed by atoms with van der Waals surface area (Å²) in [6, 6.07) is 4.65. The van der Waals surface area contributed by atoms with Gasteiger partial charge in [-0.2, -0.15) is 0 Å². The van der Waals surface area contributed by atoms with Gasteiger partial charge in [0.15, 0.2) is 0 Å². The number of benzene rings is 1. The molecule has 0 amide bonds. The Kier molecular flexibility index (Phi) is 4.37. The molecule has 0 aliphatic carbocycles. The van der Waals surface area contributed by atoms with E-state index in [1.54, 1.807) is 6.07 Å². The van der Waals surface area contributed by atoms with Crippen LogP contribution in [0.5, 0.6) is 0 Å². The number of nitrogens with two attached hydrogens (primary N) is 1. The molecule has 0 aliphatic heterocycles. The molecule has 1 rings (SSSR count). The van der Waals surface area contributed by atoms with Crippen molar-refractivity contribution in [3.63, 3.8) is 0 Å². The first-order valence-corrected chi connectivity index (χ1v) is 6.89. The van der Waals surface area contributed by atoms with E-state index < -0.39 is 10.0 Å². The van der Waals surface area contributed by atoms with Gasteiger partial charge in [0.1, 0.15) is 0 Å². The fourth-order valence-electron chi connectivity index (χ4n) is 1.32. The number of hydrogen-bond acceptors (Lipinski definition) is 4. The van der Waals surface area contributed by atoms with Crippen molar-refractivity contribution in [1.29, 1.82) is 0 Å². The van der Waals surface area contributed by atoms with E-state index in [0.717, 1.165) is 9.88 Å². The fourth-order valence-corrected chi connectivity index (χ4v) is 2.26. The lowest BCUT2D eigenvalue weighted by molar-refractivity contribution is 0.521. The summed E-state index contributed by atoms with van der Waals surface area (Å²) in [6.45, 7) is 6.27. The molecule has 1 aromatic rings. The molecule has 5 nitrogen and oxygen atoms in total. The van der Waals surface area contributed by atoms with Crippen molar-refractivity contribution in [2.24, 2.45) is 0 Å². The van der Waals surface area contributed by atoms with Crippen molar-refractivity contribution in [1.82, 2.24) is 4.31 Å². The summed E-state index contributed by atoms with van der Waals surface area (Å²) in [5, 5.41) is 3.09. The van der Waals surface area contributed by atoms with Gasteiger partial charge in [0.25, 0.3) is 0 Å². The molecule has 0 unspecified atom stereocenters. The van der Waals surface area contributed by atoms with Crippen LogP contribution in [0.4, 0.5) is 11.4 Å². The highest BCUT2D eigenvalue weighted by atomic mass is 32.2. The molecule has 0 bridgehead atoms. The first kappa shape index (κ1) is 14.5. The number of hydrogen-bond donors (Lipinski definition) is 2. The molecule has 0 radical (unpaired) electrons. The lowest BCUT2D eigenvalue weighted by Crippen LogP contribution is -2.22. The average molecular weight is 269 g/mol. The van der Waals surface area contributed by atoms with E-state index >= 15 is 0 Å². The Morgan fingerprint density at radius 1 is 1.44 bits per heavy atom. The summed E-state index contributed by atoms with van der Waals surface area (Å²) in [6.07, 6.45) is 0. The maximum atomic E-state index is 11.9. The molecule has 1 aromatic carbocycles. The molecule has 18 heavy (non-hydrogen) atoms. The SMILES string of the molecule is C=C(C)CNc1ccc(S(=O)(=O)N(C)C)cc1N. The van der Waals surface area contributed by atoms with Gasteiger partial charge in [-0.3, -0.25) is 0 Å². The van der Waals surface area contributed by atoms with Crippen LogP contribution in [-0.4, -0.2) is 33.4 Å². The summed E-state index contributed by atoms with van der Waals surface area (Å²) in [4.78, 5) is 0.186. The summed E-state index contributed by atoms with van der Waals surface area (Å²) in [5.74, 6) is 0. The van der Waals surface area contributed by atoms with Gasteiger partial charge >= 0.3 is 0 Å². The second-order valence-corrected chi connectivity index (χ2v) is 6.50. The highest BCUT2D eigenvalue weighted by Crippen LogP contribution is 2.24. The zero-order chi connectivity index (χ0) is 13.9. The third-order valence-electron chi connectivity index (χ3n) is 2.38. The van der Waals surface area contributed by atoms with Gasteiger partial charge in [0, 0.05) is 20.6 Å². The summed E-state index contributed by atoms with van der Waals surface area (Å²) in [7, 11) is -0.470. The van der Waals surface area contributed by atoms with E-state index in [4.69, 9.17) is 5.73 Å². The predicted molar refractivity (Wildman–Crippen MR) is 75.0 cm³/mol. The third kappa shape index (κ3) is 3.24. The monoisotopic (exact) mass is 269 g/mol. The number of anilines is 2. The van der Waals surface area contributed by atoms with Gasteiger partial charge in [-0.25, -0.2) is 12.7 Å². The van der Waals surface area contributed by atoms with Gasteiger partial charge < -0.3 is 11.1 Å². The summed E-state index contributed by atoms with van der Waals surface area (Å²) >= 11 is 0. The second-order valence-electron chi connectivity index (χ2n) is 4.35. The largest absolute Gasteiger partial charge is 0.397 e. The molecule has 0 aliphatic rings. The van der Waals surface area contributed by atoms with E-state index in [-0.39, 0.29) is 4.90 Å². The minimum Gasteiger partial charge on any atom is -0.397 e. The van der Waals surface area contributed by atoms with E-state index in [1.807, 2.05) is 6.92 Å². The predicted octanol–water partition coefficient (Wildman–Crippen LogP) is 1.51. The maximum absolute atomic E-state index is 11.9. The normalized spacial score (nSPS) is 11.6. The molecule has 0 spiro atoms. The Morgan fingerprint density at radius 2 is 2.06 bits per heavy atom. The zero-order valence-corrected chi connectivity index (χ0v) is 11.7. The van der Waals surface area contributed by atoms with Gasteiger partial charge in [0.05, 0.1) is 16.3 Å². The second kappa shape index (κ2) is 5.41. The van der Waals surface area contributed by atoms with Gasteiger partial charge in [-0.05, 0) is 25.1 Å². The molecule has 0 aromatic heterocycles. The van der Waals surface area contributed by atoms with Crippen LogP contribution in [0.15, 0.2) is 35.2 Å². The van der Waals surface area contributed by atoms with Crippen LogP contribution in [0.1, 0.15) is 6.92 Å². The molecule has 100 valence electrons. The highest BCUT2D eigenvalue weighted by Gasteiger charge is 2.17. The van der Waals surface area contributed by atoms with Crippen molar-refractivity contribution in [3.05, 3.63) is 30.4 Å². The van der Waals surface area contributed by atoms with Crippen LogP contribution >= 0.6 is 0 Å². The first-order valence-electron chi connectivity index (χ1n) is 5.45. The van der Waals surface area contributed by atoms with Gasteiger partial charge in [-0.1, -0.05) is 12.2 Å². The first-order chi connectivity index (χ1) is 8.25. The summed E-state index contributed by atoms with van der Waals surface area (Å²) in [5.41, 5.74) is 7.91. The fraction of sp³-hybridized carbons (Fsp3) is 0.333. The van der Waals surface area contributed by atoms with E-state index in [2.05, 4.69) is 11.9 Å². The Morgan fingerprint density at radius 3 is 2.50 bits per heavy atom. The highest BCUT2D eigenvalue weighted by molar-refractivity contribution is 7.89. The summed E-state index contributed by atoms with van der Waals surface area (Å²) < 4.78 is 25.0. The number of nitrogens with one attached hydrogen (secondary N) is 1. The Labute approximate surface area is 108 Å². The van der Waals surface area contributed by atoms with E-state index in [1.165, 1.54) is 26.2 Å². The maximum Gasteiger partial charge on any atom is 0.242 e. The molecule has 0 heterocycles. The van der Waals surface area contributed by atoms with Gasteiger partial charge in [0.2, 0.25) is 10.0 Å². The van der Waals surface area contributed by atoms with E-state index in [0.29, 0.717) is 17.9 Å². The van der Waals surface area contributed by atoms with Crippen molar-refractivity contribution in [2.75, 3.05) is 31.7 Å². The lowest BCUT2D eigenvalue weighted by Gasteiger charge is -2.14. The molecule has 0 saturated heterocycles. The van der Waals surface area contributed by atoms with Gasteiger partial charge in [-0.15, -0.1) is 0 Å². The Hall–Kier alpha value is -1.53. The number of nitrogen functional groups attached to an aromatic ring is 1. The third-order valence-corrected chi connectivity index (χ3v) is 4.19. The molecule has 6 heteroatoms. The molecule has 0 saturated carbocycles. The van der Waals surface area contributed by atoms with Crippen molar-refractivity contribution in [2.45, 2.75) is 11.8 Å². The topological polar surface area (TPSA) is 75.4 Å². The van der Waals surface area contributed by atoms with Crippen LogP contribution in [0, 0.1) is 0 Å². The average Bonchev–Trinajstić information content (AvgIpc) is 2.26. The molecule has 0 fully saturated rings. The Bertz CT molecular complexity index is 550. The van der Waals surface area contributed by atoms with Crippen LogP contribution in [0.3, 0.4) is 0 Å². The number of sulfonamides is 1. The van der Waals surface area contributed by atoms with E-state index in [9.17, 15) is 8.42 Å². The molecular weight excluding hydrogens is 250 g/mol. The van der Waals surface area contributed by atoms with Crippen molar-refractivity contribution < 1.29 is 8.42 Å². The molecule has 3 N–H and O–H groups in total. The lowest BCUT2D eigenvalue weighted by atomic mass is 10.2. The minimum absolute atomic E-state index is 0.186. The minimum atomic E-state index is -3.44. The number of nitrogens with zero attached hydrogens (tertiary/aromatic N) is 1. The van der Waals surface area contributed by atoms with Crippen LogP contribution in [0.25, 0.3) is 0 Å². The smallest absolute Gasteiger partial charge is 0.242 e. The standard InChI is InChI=1S/C12H19N3O2S/c1-9(2)8-14-12-6-5-10(7-11(12)13)18(16,17)15(3)4/h5-7,14H,1,8,13H2,2-4H3. The molecular formula is C12H19N3O2S. The van der Waals surface area contributed by atoms with Crippen molar-refractivity contribution in [3.8, 4) is 0 Å². The Balaban J connectivity index is 3.03. The molecule has 0 atom stereocenters.